The van der Waals surface area contributed by atoms with Crippen molar-refractivity contribution in [2.24, 2.45) is 0 Å². The van der Waals surface area contributed by atoms with Crippen molar-refractivity contribution in [2.45, 2.75) is 37.8 Å². The maximum absolute atomic E-state index is 12.3. The summed E-state index contributed by atoms with van der Waals surface area (Å²) in [6.45, 7) is 0.851. The van der Waals surface area contributed by atoms with Gasteiger partial charge in [0.1, 0.15) is 6.04 Å². The molecule has 5 nitrogen and oxygen atoms in total. The Morgan fingerprint density at radius 3 is 2.63 bits per heavy atom. The van der Waals surface area contributed by atoms with Crippen LogP contribution in [-0.4, -0.2) is 24.5 Å². The molecule has 2 atom stereocenters. The van der Waals surface area contributed by atoms with Crippen molar-refractivity contribution in [2.75, 3.05) is 6.54 Å². The number of amides is 1. The maximum Gasteiger partial charge on any atom is 0.238 e. The molecule has 27 heavy (non-hydrogen) atoms. The highest BCUT2D eigenvalue weighted by Crippen LogP contribution is 2.21. The standard InChI is InChI=1S/C22H22N4O/c23-14-17-4-3-5-19(12-17)18-9-7-16(8-10-18)13-20(15-24)26-22(27)21-6-1-2-11-25-21/h3-5,7-10,12,20-21,25H,1-2,6,11,13H2,(H,26,27)/t20-,21?/m0/s1. The highest BCUT2D eigenvalue weighted by Gasteiger charge is 2.22. The van der Waals surface area contributed by atoms with Crippen LogP contribution in [0.3, 0.4) is 0 Å². The van der Waals surface area contributed by atoms with Gasteiger partial charge in [0.2, 0.25) is 5.91 Å². The lowest BCUT2D eigenvalue weighted by atomic mass is 9.99. The molecule has 1 amide bonds. The molecule has 0 saturated carbocycles. The van der Waals surface area contributed by atoms with Crippen LogP contribution in [0.5, 0.6) is 0 Å². The van der Waals surface area contributed by atoms with E-state index in [0.29, 0.717) is 12.0 Å². The Hall–Kier alpha value is -3.15. The third-order valence-electron chi connectivity index (χ3n) is 4.82. The van der Waals surface area contributed by atoms with E-state index < -0.39 is 6.04 Å². The molecule has 1 unspecified atom stereocenters. The van der Waals surface area contributed by atoms with Gasteiger partial charge in [0.25, 0.3) is 0 Å². The van der Waals surface area contributed by atoms with Gasteiger partial charge in [-0.25, -0.2) is 0 Å². The number of nitrogens with zero attached hydrogens (tertiary/aromatic N) is 2. The zero-order valence-electron chi connectivity index (χ0n) is 15.1. The Morgan fingerprint density at radius 2 is 1.96 bits per heavy atom. The van der Waals surface area contributed by atoms with Crippen LogP contribution >= 0.6 is 0 Å². The Bertz CT molecular complexity index is 870. The number of carbonyl (C=O) groups is 1. The molecule has 0 radical (unpaired) electrons. The van der Waals surface area contributed by atoms with E-state index in [1.165, 1.54) is 0 Å². The number of carbonyl (C=O) groups excluding carboxylic acids is 1. The van der Waals surface area contributed by atoms with Crippen LogP contribution in [0.1, 0.15) is 30.4 Å². The highest BCUT2D eigenvalue weighted by atomic mass is 16.2. The molecule has 0 bridgehead atoms. The molecule has 1 heterocycles. The summed E-state index contributed by atoms with van der Waals surface area (Å²) >= 11 is 0. The smallest absolute Gasteiger partial charge is 0.238 e. The van der Waals surface area contributed by atoms with Crippen LogP contribution in [0, 0.1) is 22.7 Å². The van der Waals surface area contributed by atoms with E-state index in [9.17, 15) is 10.1 Å². The monoisotopic (exact) mass is 358 g/mol. The van der Waals surface area contributed by atoms with E-state index in [0.717, 1.165) is 42.5 Å². The van der Waals surface area contributed by atoms with Crippen LogP contribution in [0.25, 0.3) is 11.1 Å². The number of nitriles is 2. The molecule has 136 valence electrons. The Balaban J connectivity index is 1.63. The van der Waals surface area contributed by atoms with Gasteiger partial charge >= 0.3 is 0 Å². The van der Waals surface area contributed by atoms with Gasteiger partial charge in [0, 0.05) is 6.42 Å². The minimum absolute atomic E-state index is 0.0915. The Morgan fingerprint density at radius 1 is 1.15 bits per heavy atom. The lowest BCUT2D eigenvalue weighted by Gasteiger charge is -2.23. The summed E-state index contributed by atoms with van der Waals surface area (Å²) in [4.78, 5) is 12.3. The molecule has 1 aliphatic heterocycles. The number of benzene rings is 2. The fourth-order valence-corrected chi connectivity index (χ4v) is 3.31. The second kappa shape index (κ2) is 8.98. The van der Waals surface area contributed by atoms with Gasteiger partial charge in [-0.1, -0.05) is 42.8 Å². The SMILES string of the molecule is N#Cc1cccc(-c2ccc(C[C@@H](C#N)NC(=O)C3CCCCN3)cc2)c1. The summed E-state index contributed by atoms with van der Waals surface area (Å²) < 4.78 is 0. The molecule has 2 N–H and O–H groups in total. The molecular formula is C22H22N4O. The van der Waals surface area contributed by atoms with Gasteiger partial charge in [0.15, 0.2) is 0 Å². The van der Waals surface area contributed by atoms with Crippen molar-refractivity contribution < 1.29 is 4.79 Å². The molecule has 2 aromatic carbocycles. The van der Waals surface area contributed by atoms with E-state index in [-0.39, 0.29) is 11.9 Å². The van der Waals surface area contributed by atoms with Crippen molar-refractivity contribution in [1.29, 1.82) is 10.5 Å². The molecule has 5 heteroatoms. The normalized spacial score (nSPS) is 17.3. The largest absolute Gasteiger partial charge is 0.339 e. The zero-order valence-corrected chi connectivity index (χ0v) is 15.1. The van der Waals surface area contributed by atoms with E-state index in [2.05, 4.69) is 22.8 Å². The van der Waals surface area contributed by atoms with Crippen LogP contribution < -0.4 is 10.6 Å². The summed E-state index contributed by atoms with van der Waals surface area (Å²) in [5.41, 5.74) is 3.60. The summed E-state index contributed by atoms with van der Waals surface area (Å²) in [5.74, 6) is -0.0915. The van der Waals surface area contributed by atoms with Gasteiger partial charge < -0.3 is 10.6 Å². The van der Waals surface area contributed by atoms with E-state index in [4.69, 9.17) is 5.26 Å². The molecule has 1 fully saturated rings. The van der Waals surface area contributed by atoms with Crippen molar-refractivity contribution in [3.8, 4) is 23.3 Å². The Kier molecular flexibility index (Phi) is 6.20. The van der Waals surface area contributed by atoms with E-state index in [1.54, 1.807) is 6.07 Å². The first-order chi connectivity index (χ1) is 13.2. The summed E-state index contributed by atoms with van der Waals surface area (Å²) in [6, 6.07) is 18.9. The van der Waals surface area contributed by atoms with Gasteiger partial charge in [-0.2, -0.15) is 10.5 Å². The van der Waals surface area contributed by atoms with E-state index >= 15 is 0 Å². The molecule has 1 saturated heterocycles. The van der Waals surface area contributed by atoms with Crippen LogP contribution in [0.15, 0.2) is 48.5 Å². The Labute approximate surface area is 159 Å². The average Bonchev–Trinajstić information content (AvgIpc) is 2.74. The third kappa shape index (κ3) is 4.94. The highest BCUT2D eigenvalue weighted by molar-refractivity contribution is 5.82. The van der Waals surface area contributed by atoms with Crippen molar-refractivity contribution in [1.82, 2.24) is 10.6 Å². The molecule has 0 aromatic heterocycles. The van der Waals surface area contributed by atoms with Gasteiger partial charge in [-0.05, 0) is 48.2 Å². The van der Waals surface area contributed by atoms with Crippen LogP contribution in [0.2, 0.25) is 0 Å². The molecule has 3 rings (SSSR count). The minimum Gasteiger partial charge on any atom is -0.339 e. The van der Waals surface area contributed by atoms with Crippen LogP contribution in [-0.2, 0) is 11.2 Å². The first-order valence-electron chi connectivity index (χ1n) is 9.22. The zero-order chi connectivity index (χ0) is 19.1. The molecule has 0 spiro atoms. The average molecular weight is 358 g/mol. The first kappa shape index (κ1) is 18.6. The summed E-state index contributed by atoms with van der Waals surface area (Å²) in [7, 11) is 0. The van der Waals surface area contributed by atoms with Crippen molar-refractivity contribution in [3.63, 3.8) is 0 Å². The predicted molar refractivity (Wildman–Crippen MR) is 103 cm³/mol. The minimum atomic E-state index is -0.547. The lowest BCUT2D eigenvalue weighted by molar-refractivity contribution is -0.124. The number of nitrogens with one attached hydrogen (secondary N) is 2. The first-order valence-corrected chi connectivity index (χ1v) is 9.22. The second-order valence-corrected chi connectivity index (χ2v) is 6.79. The quantitative estimate of drug-likeness (QED) is 0.860. The second-order valence-electron chi connectivity index (χ2n) is 6.79. The number of hydrogen-bond acceptors (Lipinski definition) is 4. The number of rotatable bonds is 5. The van der Waals surface area contributed by atoms with Gasteiger partial charge in [-0.15, -0.1) is 0 Å². The predicted octanol–water partition coefficient (Wildman–Crippen LogP) is 2.92. The van der Waals surface area contributed by atoms with Gasteiger partial charge in [-0.3, -0.25) is 4.79 Å². The number of piperidine rings is 1. The molecule has 1 aliphatic rings. The maximum atomic E-state index is 12.3. The molecule has 2 aromatic rings. The van der Waals surface area contributed by atoms with Crippen molar-refractivity contribution >= 4 is 5.91 Å². The third-order valence-corrected chi connectivity index (χ3v) is 4.82. The molecular weight excluding hydrogens is 336 g/mol. The summed E-state index contributed by atoms with van der Waals surface area (Å²) in [6.07, 6.45) is 3.42. The van der Waals surface area contributed by atoms with Crippen LogP contribution in [0.4, 0.5) is 0 Å². The van der Waals surface area contributed by atoms with Gasteiger partial charge in [0.05, 0.1) is 23.7 Å². The topological polar surface area (TPSA) is 88.7 Å². The summed E-state index contributed by atoms with van der Waals surface area (Å²) in [5, 5.41) is 24.5. The van der Waals surface area contributed by atoms with Crippen molar-refractivity contribution in [3.05, 3.63) is 59.7 Å². The molecule has 0 aliphatic carbocycles. The van der Waals surface area contributed by atoms with E-state index in [1.807, 2.05) is 42.5 Å². The fraction of sp³-hybridized carbons (Fsp3) is 0.318. The lowest BCUT2D eigenvalue weighted by Crippen LogP contribution is -2.49. The fourth-order valence-electron chi connectivity index (χ4n) is 3.31. The number of hydrogen-bond donors (Lipinski definition) is 2.